The molecule has 0 aromatic rings. The molecule has 1 aliphatic carbocycles. The molecule has 1 fully saturated rings. The van der Waals surface area contributed by atoms with E-state index in [0.29, 0.717) is 0 Å². The second kappa shape index (κ2) is 2.97. The maximum Gasteiger partial charge on any atom is 0.382 e. The topological polar surface area (TPSA) is 0 Å². The van der Waals surface area contributed by atoms with E-state index in [2.05, 4.69) is 0 Å². The molecular formula is C6F11. The molecule has 0 unspecified atom stereocenters. The number of halogens is 11. The molecule has 11 heteroatoms. The van der Waals surface area contributed by atoms with E-state index < -0.39 is 35.8 Å². The zero-order valence-electron chi connectivity index (χ0n) is 7.16. The van der Waals surface area contributed by atoms with Crippen molar-refractivity contribution in [2.45, 2.75) is 29.4 Å². The largest absolute Gasteiger partial charge is 0.382 e. The first-order valence-corrected chi connectivity index (χ1v) is 3.58. The Labute approximate surface area is 85.4 Å². The maximum atomic E-state index is 12.7. The molecule has 0 nitrogen and oxygen atoms in total. The fourth-order valence-electron chi connectivity index (χ4n) is 1.26. The normalized spacial score (nSPS) is 31.8. The summed E-state index contributed by atoms with van der Waals surface area (Å²) >= 11 is 0. The fourth-order valence-corrected chi connectivity index (χ4v) is 1.26. The van der Waals surface area contributed by atoms with Gasteiger partial charge in [0, 0.05) is 0 Å². The van der Waals surface area contributed by atoms with E-state index in [-0.39, 0.29) is 0 Å². The van der Waals surface area contributed by atoms with Gasteiger partial charge in [0.05, 0.1) is 0 Å². The van der Waals surface area contributed by atoms with Gasteiger partial charge in [-0.05, 0) is 0 Å². The summed E-state index contributed by atoms with van der Waals surface area (Å²) < 4.78 is 135. The predicted molar refractivity (Wildman–Crippen MR) is 29.1 cm³/mol. The van der Waals surface area contributed by atoms with Crippen molar-refractivity contribution in [3.05, 3.63) is 6.43 Å². The van der Waals surface area contributed by atoms with Crippen LogP contribution in [0, 0.1) is 6.43 Å². The fraction of sp³-hybridized carbons (Fsp3) is 0.833. The van der Waals surface area contributed by atoms with Crippen molar-refractivity contribution in [1.29, 1.82) is 0 Å². The van der Waals surface area contributed by atoms with Crippen molar-refractivity contribution in [2.75, 3.05) is 0 Å². The molecule has 0 aromatic carbocycles. The average molecular weight is 281 g/mol. The first-order valence-electron chi connectivity index (χ1n) is 3.58. The van der Waals surface area contributed by atoms with E-state index in [1.807, 2.05) is 0 Å². The average Bonchev–Trinajstić information content (AvgIpc) is 2.17. The summed E-state index contributed by atoms with van der Waals surface area (Å²) in [5, 5.41) is 0. The molecular weight excluding hydrogens is 281 g/mol. The predicted octanol–water partition coefficient (Wildman–Crippen LogP) is 3.68. The van der Waals surface area contributed by atoms with Crippen molar-refractivity contribution >= 4 is 0 Å². The van der Waals surface area contributed by atoms with E-state index >= 15 is 0 Å². The lowest BCUT2D eigenvalue weighted by molar-refractivity contribution is -0.303. The molecule has 0 saturated heterocycles. The Kier molecular flexibility index (Phi) is 2.50. The van der Waals surface area contributed by atoms with Crippen LogP contribution < -0.4 is 0 Å². The van der Waals surface area contributed by atoms with Crippen LogP contribution in [0.2, 0.25) is 0 Å². The van der Waals surface area contributed by atoms with Crippen molar-refractivity contribution in [3.63, 3.8) is 0 Å². The van der Waals surface area contributed by atoms with Crippen LogP contribution in [0.25, 0.3) is 0 Å². The monoisotopic (exact) mass is 281 g/mol. The van der Waals surface area contributed by atoms with Gasteiger partial charge in [-0.3, -0.25) is 0 Å². The molecule has 101 valence electrons. The Balaban J connectivity index is 3.65. The maximum absolute atomic E-state index is 12.7. The standard InChI is InChI=1S/C6F11/c7-1(8)2(9)3(10,11)5(14,15)6(16,17)4(2,12)13. The van der Waals surface area contributed by atoms with Crippen LogP contribution in [0.5, 0.6) is 0 Å². The number of rotatable bonds is 1. The molecule has 0 atom stereocenters. The molecule has 0 heterocycles. The van der Waals surface area contributed by atoms with Gasteiger partial charge in [0.25, 0.3) is 0 Å². The van der Waals surface area contributed by atoms with Crippen molar-refractivity contribution in [3.8, 4) is 0 Å². The van der Waals surface area contributed by atoms with Crippen LogP contribution in [0.15, 0.2) is 0 Å². The smallest absolute Gasteiger partial charge is 0.223 e. The van der Waals surface area contributed by atoms with E-state index in [1.54, 1.807) is 0 Å². The summed E-state index contributed by atoms with van der Waals surface area (Å²) in [5.41, 5.74) is -6.73. The van der Waals surface area contributed by atoms with Crippen LogP contribution in [-0.2, 0) is 0 Å². The molecule has 17 heavy (non-hydrogen) atoms. The summed E-state index contributed by atoms with van der Waals surface area (Å²) in [4.78, 5) is 0. The number of alkyl halides is 9. The van der Waals surface area contributed by atoms with Gasteiger partial charge in [0.1, 0.15) is 0 Å². The highest BCUT2D eigenvalue weighted by atomic mass is 19.4. The third-order valence-electron chi connectivity index (χ3n) is 2.31. The first-order chi connectivity index (χ1) is 7.19. The molecule has 1 saturated carbocycles. The molecule has 0 aliphatic heterocycles. The third-order valence-corrected chi connectivity index (χ3v) is 2.31. The van der Waals surface area contributed by atoms with Crippen LogP contribution >= 0.6 is 0 Å². The minimum atomic E-state index is -6.96. The molecule has 0 bridgehead atoms. The quantitative estimate of drug-likeness (QED) is 0.643. The minimum Gasteiger partial charge on any atom is -0.223 e. The minimum absolute atomic E-state index is 4.55. The van der Waals surface area contributed by atoms with Crippen LogP contribution in [0.1, 0.15) is 0 Å². The number of hydrogen-bond acceptors (Lipinski definition) is 0. The molecule has 0 N–H and O–H groups in total. The number of hydrogen-bond donors (Lipinski definition) is 0. The van der Waals surface area contributed by atoms with Gasteiger partial charge in [0.2, 0.25) is 0 Å². The SMILES string of the molecule is F[C](F)C1(F)C(F)(F)C(F)(F)C(F)(F)C1(F)F. The molecule has 0 aromatic heterocycles. The highest BCUT2D eigenvalue weighted by molar-refractivity contribution is 5.31. The zero-order valence-corrected chi connectivity index (χ0v) is 7.16. The lowest BCUT2D eigenvalue weighted by atomic mass is 9.98. The molecule has 1 radical (unpaired) electrons. The molecule has 0 spiro atoms. The van der Waals surface area contributed by atoms with Crippen LogP contribution in [-0.4, -0.2) is 29.4 Å². The summed E-state index contributed by atoms with van der Waals surface area (Å²) in [5.74, 6) is -27.8. The second-order valence-electron chi connectivity index (χ2n) is 3.22. The van der Waals surface area contributed by atoms with Crippen molar-refractivity contribution in [1.82, 2.24) is 0 Å². The molecule has 0 amide bonds. The van der Waals surface area contributed by atoms with Gasteiger partial charge in [-0.2, -0.15) is 43.9 Å². The van der Waals surface area contributed by atoms with Gasteiger partial charge < -0.3 is 0 Å². The Morgan fingerprint density at radius 1 is 0.471 bits per heavy atom. The van der Waals surface area contributed by atoms with E-state index in [9.17, 15) is 48.3 Å². The lowest BCUT2D eigenvalue weighted by Crippen LogP contribution is -2.56. The van der Waals surface area contributed by atoms with E-state index in [0.717, 1.165) is 0 Å². The third kappa shape index (κ3) is 1.06. The Morgan fingerprint density at radius 2 is 0.706 bits per heavy atom. The van der Waals surface area contributed by atoms with E-state index in [4.69, 9.17) is 0 Å². The summed E-state index contributed by atoms with van der Waals surface area (Å²) in [7, 11) is 0. The van der Waals surface area contributed by atoms with Gasteiger partial charge in [0.15, 0.2) is 0 Å². The summed E-state index contributed by atoms with van der Waals surface area (Å²) in [6.45, 7) is 0. The van der Waals surface area contributed by atoms with Gasteiger partial charge >= 0.3 is 35.8 Å². The molecule has 1 aliphatic rings. The lowest BCUT2D eigenvalue weighted by Gasteiger charge is -2.28. The second-order valence-corrected chi connectivity index (χ2v) is 3.22. The summed E-state index contributed by atoms with van der Waals surface area (Å²) in [6.07, 6.45) is -4.55. The highest BCUT2D eigenvalue weighted by Crippen LogP contribution is 2.71. The highest BCUT2D eigenvalue weighted by Gasteiger charge is 3.03. The summed E-state index contributed by atoms with van der Waals surface area (Å²) in [6, 6.07) is 0. The van der Waals surface area contributed by atoms with Crippen molar-refractivity contribution < 1.29 is 48.3 Å². The van der Waals surface area contributed by atoms with Gasteiger partial charge in [-0.1, -0.05) is 0 Å². The van der Waals surface area contributed by atoms with Gasteiger partial charge in [-0.15, -0.1) is 0 Å². The Bertz CT molecular complexity index is 303. The van der Waals surface area contributed by atoms with Crippen molar-refractivity contribution in [2.24, 2.45) is 0 Å². The van der Waals surface area contributed by atoms with Crippen LogP contribution in [0.3, 0.4) is 0 Å². The molecule has 1 rings (SSSR count). The Hall–Kier alpha value is -0.770. The van der Waals surface area contributed by atoms with E-state index in [1.165, 1.54) is 0 Å². The van der Waals surface area contributed by atoms with Gasteiger partial charge in [-0.25, -0.2) is 4.39 Å². The zero-order chi connectivity index (χ0) is 14.1. The Morgan fingerprint density at radius 3 is 0.824 bits per heavy atom. The van der Waals surface area contributed by atoms with Crippen LogP contribution in [0.4, 0.5) is 48.3 Å². The first kappa shape index (κ1) is 14.3.